The van der Waals surface area contributed by atoms with Crippen molar-refractivity contribution in [1.82, 2.24) is 5.32 Å². The van der Waals surface area contributed by atoms with E-state index in [1.165, 1.54) is 37.4 Å². The molecule has 2 aromatic carbocycles. The molecule has 1 N–H and O–H groups in total. The summed E-state index contributed by atoms with van der Waals surface area (Å²) in [5, 5.41) is 2.74. The van der Waals surface area contributed by atoms with Gasteiger partial charge < -0.3 is 5.32 Å². The summed E-state index contributed by atoms with van der Waals surface area (Å²) in [6, 6.07) is 7.45. The maximum Gasteiger partial charge on any atom is 0.419 e. The quantitative estimate of drug-likeness (QED) is 0.834. The van der Waals surface area contributed by atoms with E-state index < -0.39 is 29.4 Å². The Hall–Kier alpha value is -1.95. The van der Waals surface area contributed by atoms with Crippen molar-refractivity contribution in [3.8, 4) is 0 Å². The number of nitrogens with one attached hydrogen (secondary N) is 1. The minimum atomic E-state index is -4.76. The fourth-order valence-electron chi connectivity index (χ4n) is 2.15. The molecule has 0 bridgehead atoms. The number of benzene rings is 2. The first-order valence-corrected chi connectivity index (χ1v) is 6.13. The zero-order valence-electron chi connectivity index (χ0n) is 11.0. The second kappa shape index (κ2) is 5.81. The van der Waals surface area contributed by atoms with Gasteiger partial charge in [0.1, 0.15) is 11.6 Å². The van der Waals surface area contributed by atoms with Crippen molar-refractivity contribution in [2.75, 3.05) is 7.05 Å². The Kier molecular flexibility index (Phi) is 4.27. The predicted molar refractivity (Wildman–Crippen MR) is 68.7 cm³/mol. The maximum atomic E-state index is 14.1. The third kappa shape index (κ3) is 3.21. The van der Waals surface area contributed by atoms with Gasteiger partial charge in [-0.2, -0.15) is 13.2 Å². The highest BCUT2D eigenvalue weighted by Crippen LogP contribution is 2.35. The van der Waals surface area contributed by atoms with Crippen molar-refractivity contribution in [2.45, 2.75) is 12.2 Å². The van der Waals surface area contributed by atoms with Crippen molar-refractivity contribution >= 4 is 0 Å². The van der Waals surface area contributed by atoms with Gasteiger partial charge in [0.15, 0.2) is 0 Å². The largest absolute Gasteiger partial charge is 0.419 e. The Morgan fingerprint density at radius 3 is 2.10 bits per heavy atom. The highest BCUT2D eigenvalue weighted by molar-refractivity contribution is 5.36. The van der Waals surface area contributed by atoms with Gasteiger partial charge in [-0.3, -0.25) is 0 Å². The summed E-state index contributed by atoms with van der Waals surface area (Å²) in [5.74, 6) is -1.80. The number of hydrogen-bond donors (Lipinski definition) is 1. The molecule has 0 amide bonds. The van der Waals surface area contributed by atoms with Crippen LogP contribution >= 0.6 is 0 Å². The molecule has 0 aliphatic rings. The first-order chi connectivity index (χ1) is 9.84. The van der Waals surface area contributed by atoms with Crippen LogP contribution in [0, 0.1) is 11.6 Å². The molecule has 6 heteroatoms. The van der Waals surface area contributed by atoms with E-state index in [1.54, 1.807) is 0 Å². The van der Waals surface area contributed by atoms with E-state index in [9.17, 15) is 22.0 Å². The van der Waals surface area contributed by atoms with Crippen molar-refractivity contribution in [3.05, 3.63) is 70.8 Å². The van der Waals surface area contributed by atoms with Crippen molar-refractivity contribution < 1.29 is 22.0 Å². The van der Waals surface area contributed by atoms with Gasteiger partial charge in [-0.25, -0.2) is 8.78 Å². The molecule has 0 heterocycles. The molecule has 21 heavy (non-hydrogen) atoms. The predicted octanol–water partition coefficient (Wildman–Crippen LogP) is 4.29. The van der Waals surface area contributed by atoms with Gasteiger partial charge in [0.2, 0.25) is 0 Å². The lowest BCUT2D eigenvalue weighted by atomic mass is 9.96. The van der Waals surface area contributed by atoms with Gasteiger partial charge in [0.25, 0.3) is 0 Å². The molecule has 0 spiro atoms. The Morgan fingerprint density at radius 2 is 1.57 bits per heavy atom. The van der Waals surface area contributed by atoms with Crippen LogP contribution in [0.5, 0.6) is 0 Å². The van der Waals surface area contributed by atoms with Crippen LogP contribution in [-0.4, -0.2) is 7.05 Å². The SMILES string of the molecule is CNC(c1ccc(F)cc1)c1cccc(C(F)(F)F)c1F. The number of rotatable bonds is 3. The highest BCUT2D eigenvalue weighted by Gasteiger charge is 2.35. The molecule has 0 saturated carbocycles. The fourth-order valence-corrected chi connectivity index (χ4v) is 2.15. The average molecular weight is 301 g/mol. The van der Waals surface area contributed by atoms with Crippen LogP contribution in [0.25, 0.3) is 0 Å². The molecule has 2 rings (SSSR count). The summed E-state index contributed by atoms with van der Waals surface area (Å²) >= 11 is 0. The minimum Gasteiger partial charge on any atom is -0.309 e. The number of halogens is 5. The highest BCUT2D eigenvalue weighted by atomic mass is 19.4. The monoisotopic (exact) mass is 301 g/mol. The average Bonchev–Trinajstić information content (AvgIpc) is 2.42. The van der Waals surface area contributed by atoms with E-state index >= 15 is 0 Å². The molecule has 0 aromatic heterocycles. The molecule has 0 fully saturated rings. The van der Waals surface area contributed by atoms with Gasteiger partial charge in [-0.1, -0.05) is 24.3 Å². The van der Waals surface area contributed by atoms with Crippen LogP contribution in [0.3, 0.4) is 0 Å². The third-order valence-corrected chi connectivity index (χ3v) is 3.14. The second-order valence-electron chi connectivity index (χ2n) is 4.48. The van der Waals surface area contributed by atoms with Gasteiger partial charge >= 0.3 is 6.18 Å². The van der Waals surface area contributed by atoms with Gasteiger partial charge in [-0.15, -0.1) is 0 Å². The molecule has 1 unspecified atom stereocenters. The van der Waals surface area contributed by atoms with E-state index in [0.29, 0.717) is 11.6 Å². The summed E-state index contributed by atoms with van der Waals surface area (Å²) in [6.45, 7) is 0. The third-order valence-electron chi connectivity index (χ3n) is 3.14. The Balaban J connectivity index is 2.51. The van der Waals surface area contributed by atoms with Crippen LogP contribution < -0.4 is 5.32 Å². The van der Waals surface area contributed by atoms with Crippen LogP contribution in [-0.2, 0) is 6.18 Å². The lowest BCUT2D eigenvalue weighted by Crippen LogP contribution is -2.21. The Morgan fingerprint density at radius 1 is 0.952 bits per heavy atom. The normalized spacial score (nSPS) is 13.2. The van der Waals surface area contributed by atoms with E-state index in [0.717, 1.165) is 6.07 Å². The molecule has 0 radical (unpaired) electrons. The van der Waals surface area contributed by atoms with Gasteiger partial charge in [-0.05, 0) is 30.8 Å². The van der Waals surface area contributed by atoms with Crippen LogP contribution in [0.4, 0.5) is 22.0 Å². The minimum absolute atomic E-state index is 0.140. The summed E-state index contributed by atoms with van der Waals surface area (Å²) in [7, 11) is 1.49. The van der Waals surface area contributed by atoms with Gasteiger partial charge in [0.05, 0.1) is 11.6 Å². The standard InChI is InChI=1S/C15H12F5N/c1-21-14(9-5-7-10(16)8-6-9)11-3-2-4-12(13(11)17)15(18,19)20/h2-8,14,21H,1H3. The molecule has 0 saturated heterocycles. The van der Waals surface area contributed by atoms with Crippen LogP contribution in [0.2, 0.25) is 0 Å². The van der Waals surface area contributed by atoms with Crippen molar-refractivity contribution in [3.63, 3.8) is 0 Å². The molecular weight excluding hydrogens is 289 g/mol. The molecular formula is C15H12F5N. The van der Waals surface area contributed by atoms with E-state index in [-0.39, 0.29) is 5.56 Å². The molecule has 0 aliphatic heterocycles. The summed E-state index contributed by atoms with van der Waals surface area (Å²) in [4.78, 5) is 0. The lowest BCUT2D eigenvalue weighted by Gasteiger charge is -2.20. The first kappa shape index (κ1) is 15.4. The molecule has 1 atom stereocenters. The fraction of sp³-hybridized carbons (Fsp3) is 0.200. The Labute approximate surface area is 118 Å². The smallest absolute Gasteiger partial charge is 0.309 e. The van der Waals surface area contributed by atoms with Crippen LogP contribution in [0.15, 0.2) is 42.5 Å². The molecule has 112 valence electrons. The first-order valence-electron chi connectivity index (χ1n) is 6.13. The summed E-state index contributed by atoms with van der Waals surface area (Å²) in [5.41, 5.74) is -0.988. The molecule has 0 aliphatic carbocycles. The topological polar surface area (TPSA) is 12.0 Å². The lowest BCUT2D eigenvalue weighted by molar-refractivity contribution is -0.140. The molecule has 2 aromatic rings. The second-order valence-corrected chi connectivity index (χ2v) is 4.48. The van der Waals surface area contributed by atoms with E-state index in [4.69, 9.17) is 0 Å². The number of alkyl halides is 3. The maximum absolute atomic E-state index is 14.1. The van der Waals surface area contributed by atoms with Gasteiger partial charge in [0, 0.05) is 5.56 Å². The molecule has 1 nitrogen and oxygen atoms in total. The summed E-state index contributed by atoms with van der Waals surface area (Å²) < 4.78 is 65.3. The Bertz CT molecular complexity index is 619. The van der Waals surface area contributed by atoms with Crippen LogP contribution in [0.1, 0.15) is 22.7 Å². The van der Waals surface area contributed by atoms with Crippen molar-refractivity contribution in [2.24, 2.45) is 0 Å². The zero-order chi connectivity index (χ0) is 15.6. The zero-order valence-corrected chi connectivity index (χ0v) is 11.0. The summed E-state index contributed by atoms with van der Waals surface area (Å²) in [6.07, 6.45) is -4.76. The van der Waals surface area contributed by atoms with Crippen molar-refractivity contribution in [1.29, 1.82) is 0 Å². The van der Waals surface area contributed by atoms with E-state index in [1.807, 2.05) is 0 Å². The number of hydrogen-bond acceptors (Lipinski definition) is 1. The van der Waals surface area contributed by atoms with E-state index in [2.05, 4.69) is 5.32 Å².